The standard InChI is InChI=1S/C26H17N2S.C13H24O2.Ir/c1-16-13-17(2)15-19(14-16)23-25-22(11-12-28-23)21-10-9-20(18-7-5-4-6-8-18)24(27-3)26(21)29-25;1-5-10(6-2)12(14)9-13(15)11(7-3)8-4;/h4-14H,1-2H3;9-11,14H,5-8H2,1-4H3;/q-1;;/b;12-9-;. The van der Waals surface area contributed by atoms with Gasteiger partial charge in [-0.1, -0.05) is 84.0 Å². The molecule has 2 aromatic heterocycles. The Bertz CT molecular complexity index is 1810. The monoisotopic (exact) mass is 794 g/mol. The van der Waals surface area contributed by atoms with Crippen molar-refractivity contribution < 1.29 is 30.0 Å². The molecule has 0 fully saturated rings. The molecule has 0 aliphatic heterocycles. The summed E-state index contributed by atoms with van der Waals surface area (Å²) in [6, 6.07) is 24.1. The number of thiophene rings is 1. The minimum absolute atomic E-state index is 0. The number of hydrogen-bond donors (Lipinski definition) is 1. The summed E-state index contributed by atoms with van der Waals surface area (Å²) in [5.41, 5.74) is 7.01. The topological polar surface area (TPSA) is 54.5 Å². The van der Waals surface area contributed by atoms with E-state index in [9.17, 15) is 9.90 Å². The molecule has 2 heterocycles. The van der Waals surface area contributed by atoms with E-state index in [1.54, 1.807) is 11.3 Å². The Morgan fingerprint density at radius 3 is 2.18 bits per heavy atom. The summed E-state index contributed by atoms with van der Waals surface area (Å²) in [5.74, 6) is 0.547. The molecule has 3 aromatic carbocycles. The summed E-state index contributed by atoms with van der Waals surface area (Å²) >= 11 is 1.66. The smallest absolute Gasteiger partial charge is 0.212 e. The second-order valence-corrected chi connectivity index (χ2v) is 12.2. The Hall–Kier alpha value is -3.62. The van der Waals surface area contributed by atoms with Crippen LogP contribution in [0.5, 0.6) is 0 Å². The summed E-state index contributed by atoms with van der Waals surface area (Å²) < 4.78 is 2.13. The zero-order chi connectivity index (χ0) is 31.8. The SMILES string of the molecule is CCC(CC)C(=O)/C=C(\O)C(CC)CC.[C-]#[N+]c1c(-c2ccccc2)ccc2c1sc1c(-c3[c-]c(C)cc(C)c3)nccc12.[Ir]. The van der Waals surface area contributed by atoms with E-state index in [2.05, 4.69) is 67.2 Å². The average Bonchev–Trinajstić information content (AvgIpc) is 3.41. The quantitative estimate of drug-likeness (QED) is 0.0919. The number of aromatic nitrogens is 1. The van der Waals surface area contributed by atoms with Crippen molar-refractivity contribution in [2.75, 3.05) is 0 Å². The van der Waals surface area contributed by atoms with Gasteiger partial charge in [-0.25, -0.2) is 4.85 Å². The van der Waals surface area contributed by atoms with Gasteiger partial charge >= 0.3 is 0 Å². The normalized spacial score (nSPS) is 11.3. The first-order valence-electron chi connectivity index (χ1n) is 15.5. The number of allylic oxidation sites excluding steroid dienone is 2. The molecule has 1 radical (unpaired) electrons. The van der Waals surface area contributed by atoms with Crippen LogP contribution in [0.3, 0.4) is 0 Å². The third kappa shape index (κ3) is 8.16. The molecule has 6 heteroatoms. The molecule has 5 rings (SSSR count). The van der Waals surface area contributed by atoms with Gasteiger partial charge in [0.15, 0.2) is 5.78 Å². The van der Waals surface area contributed by atoms with Gasteiger partial charge in [0, 0.05) is 59.3 Å². The molecule has 0 aliphatic carbocycles. The molecule has 0 bridgehead atoms. The van der Waals surface area contributed by atoms with Crippen molar-refractivity contribution in [3.05, 3.63) is 107 Å². The molecule has 0 saturated carbocycles. The molecule has 5 aromatic rings. The summed E-state index contributed by atoms with van der Waals surface area (Å²) in [4.78, 5) is 20.3. The zero-order valence-corrected chi connectivity index (χ0v) is 30.1. The van der Waals surface area contributed by atoms with E-state index in [1.807, 2.05) is 52.1 Å². The van der Waals surface area contributed by atoms with Crippen molar-refractivity contribution in [3.8, 4) is 22.4 Å². The van der Waals surface area contributed by atoms with Gasteiger partial charge in [-0.15, -0.1) is 34.9 Å². The maximum Gasteiger partial charge on any atom is 0.212 e. The van der Waals surface area contributed by atoms with Crippen LogP contribution in [-0.2, 0) is 24.9 Å². The number of rotatable bonds is 9. The number of ketones is 1. The Kier molecular flexibility index (Phi) is 13.2. The van der Waals surface area contributed by atoms with Gasteiger partial charge in [0.1, 0.15) is 0 Å². The van der Waals surface area contributed by atoms with Crippen LogP contribution in [0.25, 0.3) is 47.4 Å². The molecule has 0 amide bonds. The largest absolute Gasteiger partial charge is 0.512 e. The molecular formula is C39H41IrN2O2S-. The average molecular weight is 794 g/mol. The van der Waals surface area contributed by atoms with Crippen molar-refractivity contribution in [1.82, 2.24) is 4.98 Å². The number of aryl methyl sites for hydroxylation is 2. The first kappa shape index (κ1) is 35.9. The van der Waals surface area contributed by atoms with Crippen molar-refractivity contribution >= 4 is 43.0 Å². The van der Waals surface area contributed by atoms with E-state index < -0.39 is 0 Å². The molecule has 0 spiro atoms. The maximum absolute atomic E-state index is 11.7. The number of benzene rings is 3. The predicted molar refractivity (Wildman–Crippen MR) is 186 cm³/mol. The number of fused-ring (bicyclic) bond motifs is 3. The molecule has 0 atom stereocenters. The number of pyridine rings is 1. The van der Waals surface area contributed by atoms with Crippen LogP contribution in [0, 0.1) is 38.3 Å². The van der Waals surface area contributed by atoms with Gasteiger partial charge < -0.3 is 10.1 Å². The van der Waals surface area contributed by atoms with E-state index >= 15 is 0 Å². The molecule has 235 valence electrons. The van der Waals surface area contributed by atoms with Gasteiger partial charge in [0.05, 0.1) is 12.3 Å². The Labute approximate surface area is 285 Å². The van der Waals surface area contributed by atoms with E-state index in [-0.39, 0.29) is 43.5 Å². The van der Waals surface area contributed by atoms with Crippen LogP contribution in [-0.4, -0.2) is 15.9 Å². The third-order valence-corrected chi connectivity index (χ3v) is 9.45. The first-order valence-corrected chi connectivity index (χ1v) is 16.3. The third-order valence-electron chi connectivity index (χ3n) is 8.21. The summed E-state index contributed by atoms with van der Waals surface area (Å²) in [5, 5.41) is 12.0. The van der Waals surface area contributed by atoms with E-state index in [0.29, 0.717) is 5.69 Å². The zero-order valence-electron chi connectivity index (χ0n) is 26.9. The Morgan fingerprint density at radius 1 is 0.933 bits per heavy atom. The number of aliphatic hydroxyl groups excluding tert-OH is 1. The molecule has 0 aliphatic rings. The molecule has 0 unspecified atom stereocenters. The minimum atomic E-state index is 0. The van der Waals surface area contributed by atoms with Gasteiger partial charge in [-0.2, -0.15) is 11.3 Å². The summed E-state index contributed by atoms with van der Waals surface area (Å²) in [7, 11) is 0. The summed E-state index contributed by atoms with van der Waals surface area (Å²) in [6.07, 6.45) is 6.77. The van der Waals surface area contributed by atoms with Crippen molar-refractivity contribution in [2.45, 2.75) is 67.2 Å². The number of nitrogens with zero attached hydrogens (tertiary/aromatic N) is 2. The molecule has 1 N–H and O–H groups in total. The molecule has 45 heavy (non-hydrogen) atoms. The van der Waals surface area contributed by atoms with E-state index in [0.717, 1.165) is 73.8 Å². The van der Waals surface area contributed by atoms with E-state index in [4.69, 9.17) is 11.6 Å². The number of aliphatic hydroxyl groups is 1. The minimum Gasteiger partial charge on any atom is -0.512 e. The second-order valence-electron chi connectivity index (χ2n) is 11.2. The fourth-order valence-corrected chi connectivity index (χ4v) is 7.00. The van der Waals surface area contributed by atoms with Crippen molar-refractivity contribution in [1.29, 1.82) is 0 Å². The van der Waals surface area contributed by atoms with Crippen LogP contribution in [0.4, 0.5) is 5.69 Å². The Balaban J connectivity index is 0.000000297. The molecule has 4 nitrogen and oxygen atoms in total. The van der Waals surface area contributed by atoms with Gasteiger partial charge in [-0.05, 0) is 53.6 Å². The van der Waals surface area contributed by atoms with Crippen molar-refractivity contribution in [3.63, 3.8) is 0 Å². The van der Waals surface area contributed by atoms with Crippen molar-refractivity contribution in [2.24, 2.45) is 11.8 Å². The van der Waals surface area contributed by atoms with Crippen LogP contribution in [0.1, 0.15) is 64.5 Å². The van der Waals surface area contributed by atoms with Crippen LogP contribution >= 0.6 is 11.3 Å². The fraction of sp³-hybridized carbons (Fsp3) is 0.308. The first-order chi connectivity index (χ1) is 21.3. The van der Waals surface area contributed by atoms with Crippen LogP contribution < -0.4 is 0 Å². The second kappa shape index (κ2) is 16.6. The number of hydrogen-bond acceptors (Lipinski definition) is 4. The fourth-order valence-electron chi connectivity index (χ4n) is 5.71. The number of carbonyl (C=O) groups excluding carboxylic acids is 1. The Morgan fingerprint density at radius 2 is 1.58 bits per heavy atom. The maximum atomic E-state index is 11.7. The molecule has 0 saturated heterocycles. The van der Waals surface area contributed by atoms with Gasteiger partial charge in [0.25, 0.3) is 0 Å². The predicted octanol–water partition coefficient (Wildman–Crippen LogP) is 11.6. The molecular weight excluding hydrogens is 753 g/mol. The number of carbonyl (C=O) groups is 1. The van der Waals surface area contributed by atoms with Crippen LogP contribution in [0.2, 0.25) is 0 Å². The van der Waals surface area contributed by atoms with Crippen LogP contribution in [0.15, 0.2) is 78.7 Å². The van der Waals surface area contributed by atoms with Gasteiger partial charge in [-0.3, -0.25) is 4.79 Å². The van der Waals surface area contributed by atoms with Gasteiger partial charge in [0.2, 0.25) is 5.69 Å². The van der Waals surface area contributed by atoms with E-state index in [1.165, 1.54) is 11.6 Å². The summed E-state index contributed by atoms with van der Waals surface area (Å²) in [6.45, 7) is 20.1.